The number of carbonyl (C=O) groups is 1. The van der Waals surface area contributed by atoms with Gasteiger partial charge in [-0.25, -0.2) is 0 Å². The van der Waals surface area contributed by atoms with E-state index in [9.17, 15) is 4.79 Å². The van der Waals surface area contributed by atoms with Gasteiger partial charge >= 0.3 is 0 Å². The minimum atomic E-state index is -0.273. The molecular formula is C26H32N4OS. The number of aromatic nitrogens is 3. The second-order valence-electron chi connectivity index (χ2n) is 8.74. The third kappa shape index (κ3) is 5.23. The maximum Gasteiger partial charge on any atom is 0.237 e. The Morgan fingerprint density at radius 1 is 1.03 bits per heavy atom. The van der Waals surface area contributed by atoms with Crippen LogP contribution in [0.4, 0.5) is 5.69 Å². The zero-order valence-electron chi connectivity index (χ0n) is 19.2. The van der Waals surface area contributed by atoms with Gasteiger partial charge in [0.25, 0.3) is 0 Å². The molecule has 1 aliphatic rings. The Morgan fingerprint density at radius 2 is 1.72 bits per heavy atom. The zero-order valence-corrected chi connectivity index (χ0v) is 20.0. The zero-order chi connectivity index (χ0) is 22.5. The van der Waals surface area contributed by atoms with Gasteiger partial charge in [-0.3, -0.25) is 4.79 Å². The van der Waals surface area contributed by atoms with Crippen molar-refractivity contribution < 1.29 is 4.79 Å². The summed E-state index contributed by atoms with van der Waals surface area (Å²) in [5.41, 5.74) is 4.29. The topological polar surface area (TPSA) is 59.8 Å². The molecule has 1 saturated carbocycles. The third-order valence-electron chi connectivity index (χ3n) is 6.26. The highest BCUT2D eigenvalue weighted by atomic mass is 32.2. The van der Waals surface area contributed by atoms with Crippen LogP contribution in [0.25, 0.3) is 0 Å². The first-order valence-electron chi connectivity index (χ1n) is 11.5. The minimum absolute atomic E-state index is 0.00444. The van der Waals surface area contributed by atoms with Gasteiger partial charge in [-0.1, -0.05) is 79.6 Å². The number of benzene rings is 2. The van der Waals surface area contributed by atoms with Gasteiger partial charge in [-0.2, -0.15) is 0 Å². The predicted octanol–water partition coefficient (Wildman–Crippen LogP) is 6.11. The van der Waals surface area contributed by atoms with Crippen LogP contribution in [0.15, 0.2) is 53.7 Å². The van der Waals surface area contributed by atoms with E-state index >= 15 is 0 Å². The molecule has 1 atom stereocenters. The Bertz CT molecular complexity index is 1040. The molecule has 1 fully saturated rings. The molecule has 1 amide bonds. The van der Waals surface area contributed by atoms with Crippen LogP contribution >= 0.6 is 11.8 Å². The lowest BCUT2D eigenvalue weighted by Crippen LogP contribution is -2.24. The van der Waals surface area contributed by atoms with Crippen molar-refractivity contribution in [1.29, 1.82) is 0 Å². The largest absolute Gasteiger partial charge is 0.325 e. The van der Waals surface area contributed by atoms with Crippen LogP contribution in [0.5, 0.6) is 0 Å². The summed E-state index contributed by atoms with van der Waals surface area (Å²) in [4.78, 5) is 13.0. The van der Waals surface area contributed by atoms with Gasteiger partial charge in [-0.05, 0) is 50.3 Å². The standard InChI is InChI=1S/C26H32N4OS/c1-18-11-10-12-19(2)24(18)27-25(31)20(3)32-26-29-28-23(17-21-13-6-4-7-14-21)30(26)22-15-8-5-9-16-22/h4,6-7,10-14,20,22H,5,8-9,15-17H2,1-3H3,(H,27,31)/t20-/m1/s1. The molecule has 168 valence electrons. The number of nitrogens with zero attached hydrogens (tertiary/aromatic N) is 3. The molecule has 1 aromatic heterocycles. The van der Waals surface area contributed by atoms with Crippen LogP contribution in [0.2, 0.25) is 0 Å². The van der Waals surface area contributed by atoms with Gasteiger partial charge in [0.15, 0.2) is 5.16 Å². The molecule has 5 nitrogen and oxygen atoms in total. The number of carbonyl (C=O) groups excluding carboxylic acids is 1. The number of anilines is 1. The minimum Gasteiger partial charge on any atom is -0.325 e. The van der Waals surface area contributed by atoms with Crippen molar-refractivity contribution in [2.24, 2.45) is 0 Å². The summed E-state index contributed by atoms with van der Waals surface area (Å²) in [5.74, 6) is 0.989. The molecule has 1 N–H and O–H groups in total. The van der Waals surface area contributed by atoms with Crippen molar-refractivity contribution in [2.75, 3.05) is 5.32 Å². The predicted molar refractivity (Wildman–Crippen MR) is 131 cm³/mol. The summed E-state index contributed by atoms with van der Waals surface area (Å²) in [6.07, 6.45) is 6.82. The van der Waals surface area contributed by atoms with E-state index in [1.165, 1.54) is 36.6 Å². The number of hydrogen-bond donors (Lipinski definition) is 1. The first-order valence-corrected chi connectivity index (χ1v) is 12.4. The van der Waals surface area contributed by atoms with Crippen LogP contribution in [0.1, 0.15) is 67.6 Å². The Hall–Kier alpha value is -2.60. The van der Waals surface area contributed by atoms with E-state index in [0.717, 1.165) is 47.1 Å². The van der Waals surface area contributed by atoms with Crippen molar-refractivity contribution in [3.05, 3.63) is 71.0 Å². The van der Waals surface area contributed by atoms with Crippen LogP contribution in [-0.2, 0) is 11.2 Å². The van der Waals surface area contributed by atoms with Crippen LogP contribution in [-0.4, -0.2) is 25.9 Å². The molecule has 1 aliphatic carbocycles. The molecule has 4 rings (SSSR count). The second-order valence-corrected chi connectivity index (χ2v) is 10.0. The summed E-state index contributed by atoms with van der Waals surface area (Å²) in [6, 6.07) is 16.9. The van der Waals surface area contributed by atoms with Crippen LogP contribution in [0.3, 0.4) is 0 Å². The van der Waals surface area contributed by atoms with Gasteiger partial charge in [0.1, 0.15) is 5.82 Å². The fraction of sp³-hybridized carbons (Fsp3) is 0.423. The van der Waals surface area contributed by atoms with Crippen molar-refractivity contribution >= 4 is 23.4 Å². The number of thioether (sulfide) groups is 1. The maximum absolute atomic E-state index is 13.0. The SMILES string of the molecule is Cc1cccc(C)c1NC(=O)[C@@H](C)Sc1nnc(Cc2ccccc2)n1C1CCCCC1. The Morgan fingerprint density at radius 3 is 2.41 bits per heavy atom. The molecular weight excluding hydrogens is 416 g/mol. The van der Waals surface area contributed by atoms with Crippen molar-refractivity contribution in [1.82, 2.24) is 14.8 Å². The molecule has 2 aromatic carbocycles. The number of para-hydroxylation sites is 1. The lowest BCUT2D eigenvalue weighted by molar-refractivity contribution is -0.115. The highest BCUT2D eigenvalue weighted by molar-refractivity contribution is 8.00. The van der Waals surface area contributed by atoms with Gasteiger partial charge in [0.2, 0.25) is 5.91 Å². The molecule has 0 unspecified atom stereocenters. The lowest BCUT2D eigenvalue weighted by Gasteiger charge is -2.26. The molecule has 1 heterocycles. The number of aryl methyl sites for hydroxylation is 2. The number of nitrogens with one attached hydrogen (secondary N) is 1. The van der Waals surface area contributed by atoms with Gasteiger partial charge < -0.3 is 9.88 Å². The van der Waals surface area contributed by atoms with E-state index in [1.54, 1.807) is 0 Å². The fourth-order valence-corrected chi connectivity index (χ4v) is 5.38. The van der Waals surface area contributed by atoms with Gasteiger partial charge in [-0.15, -0.1) is 10.2 Å². The third-order valence-corrected chi connectivity index (χ3v) is 7.32. The first-order chi connectivity index (χ1) is 15.5. The molecule has 0 radical (unpaired) electrons. The first kappa shape index (κ1) is 22.6. The van der Waals surface area contributed by atoms with E-state index in [2.05, 4.69) is 44.3 Å². The second kappa shape index (κ2) is 10.3. The average molecular weight is 449 g/mol. The molecule has 0 bridgehead atoms. The summed E-state index contributed by atoms with van der Waals surface area (Å²) >= 11 is 1.51. The summed E-state index contributed by atoms with van der Waals surface area (Å²) in [7, 11) is 0. The summed E-state index contributed by atoms with van der Waals surface area (Å²) in [5, 5.41) is 12.8. The highest BCUT2D eigenvalue weighted by Crippen LogP contribution is 2.34. The van der Waals surface area contributed by atoms with Gasteiger partial charge in [0.05, 0.1) is 5.25 Å². The van der Waals surface area contributed by atoms with Gasteiger partial charge in [0, 0.05) is 18.2 Å². The summed E-state index contributed by atoms with van der Waals surface area (Å²) in [6.45, 7) is 6.00. The summed E-state index contributed by atoms with van der Waals surface area (Å²) < 4.78 is 2.32. The fourth-order valence-electron chi connectivity index (χ4n) is 4.44. The molecule has 3 aromatic rings. The highest BCUT2D eigenvalue weighted by Gasteiger charge is 2.26. The molecule has 0 aliphatic heterocycles. The number of hydrogen-bond acceptors (Lipinski definition) is 4. The lowest BCUT2D eigenvalue weighted by atomic mass is 9.95. The van der Waals surface area contributed by atoms with E-state index in [1.807, 2.05) is 45.0 Å². The van der Waals surface area contributed by atoms with Crippen LogP contribution in [0, 0.1) is 13.8 Å². The van der Waals surface area contributed by atoms with Crippen LogP contribution < -0.4 is 5.32 Å². The Labute approximate surface area is 195 Å². The van der Waals surface area contributed by atoms with Crippen molar-refractivity contribution in [3.8, 4) is 0 Å². The quantitative estimate of drug-likeness (QED) is 0.443. The Balaban J connectivity index is 1.55. The van der Waals surface area contributed by atoms with E-state index in [4.69, 9.17) is 0 Å². The normalized spacial score (nSPS) is 15.5. The smallest absolute Gasteiger partial charge is 0.237 e. The van der Waals surface area contributed by atoms with E-state index in [-0.39, 0.29) is 11.2 Å². The molecule has 32 heavy (non-hydrogen) atoms. The van der Waals surface area contributed by atoms with Crippen molar-refractivity contribution in [3.63, 3.8) is 0 Å². The number of rotatable bonds is 7. The number of amides is 1. The maximum atomic E-state index is 13.0. The monoisotopic (exact) mass is 448 g/mol. The molecule has 0 saturated heterocycles. The molecule has 6 heteroatoms. The molecule has 0 spiro atoms. The Kier molecular flexibility index (Phi) is 7.30. The average Bonchev–Trinajstić information content (AvgIpc) is 3.19. The van der Waals surface area contributed by atoms with Crippen molar-refractivity contribution in [2.45, 2.75) is 75.7 Å². The van der Waals surface area contributed by atoms with E-state index in [0.29, 0.717) is 6.04 Å². The van der Waals surface area contributed by atoms with E-state index < -0.39 is 0 Å².